The third kappa shape index (κ3) is 3.61. The highest BCUT2D eigenvalue weighted by atomic mass is 32.4. The van der Waals surface area contributed by atoms with Crippen LogP contribution in [-0.2, 0) is 35.4 Å². The lowest BCUT2D eigenvalue weighted by atomic mass is 10.1. The molecule has 0 saturated heterocycles. The van der Waals surface area contributed by atoms with Crippen LogP contribution in [0.3, 0.4) is 0 Å². The second-order valence-electron chi connectivity index (χ2n) is 12.6. The van der Waals surface area contributed by atoms with Gasteiger partial charge >= 0.3 is 0 Å². The van der Waals surface area contributed by atoms with Crippen LogP contribution in [0.1, 0.15) is 16.7 Å². The predicted octanol–water partition coefficient (Wildman–Crippen LogP) is 6.29. The fraction of sp³-hybridized carbons (Fsp3) is 0.0769. The van der Waals surface area contributed by atoms with Crippen molar-refractivity contribution in [2.75, 3.05) is 4.90 Å². The molecule has 0 fully saturated rings. The highest BCUT2D eigenvalue weighted by molar-refractivity contribution is 8.28. The first-order valence-corrected chi connectivity index (χ1v) is 23.8. The molecule has 0 N–H and O–H groups in total. The van der Waals surface area contributed by atoms with Gasteiger partial charge in [-0.25, -0.2) is 0 Å². The van der Waals surface area contributed by atoms with E-state index in [0.717, 1.165) is 0 Å². The molecule has 0 saturated carbocycles. The lowest BCUT2D eigenvalue weighted by Gasteiger charge is -2.52. The van der Waals surface area contributed by atoms with Crippen molar-refractivity contribution < 1.29 is 0 Å². The Labute approximate surface area is 286 Å². The smallest absolute Gasteiger partial charge is 0.0644 e. The summed E-state index contributed by atoms with van der Waals surface area (Å²) in [6.45, 7) is 6.64. The van der Waals surface area contributed by atoms with Gasteiger partial charge in [-0.1, -0.05) is 126 Å². The summed E-state index contributed by atoms with van der Waals surface area (Å²) in [6.07, 6.45) is 0. The van der Waals surface area contributed by atoms with Gasteiger partial charge < -0.3 is 4.90 Å². The molecule has 0 radical (unpaired) electrons. The summed E-state index contributed by atoms with van der Waals surface area (Å²) >= 11 is 21.5. The lowest BCUT2D eigenvalue weighted by molar-refractivity contribution is 1.31. The summed E-state index contributed by atoms with van der Waals surface area (Å²) in [4.78, 5) is 2.58. The van der Waals surface area contributed by atoms with Crippen LogP contribution in [0.2, 0.25) is 0 Å². The van der Waals surface area contributed by atoms with E-state index in [2.05, 4.69) is 153 Å². The molecule has 3 heterocycles. The number of benzene rings is 6. The summed E-state index contributed by atoms with van der Waals surface area (Å²) in [5, 5.41) is 11.2. The number of aryl methyl sites for hydroxylation is 3. The van der Waals surface area contributed by atoms with Gasteiger partial charge in [-0.15, -0.1) is 0 Å². The highest BCUT2D eigenvalue weighted by Crippen LogP contribution is 2.65. The van der Waals surface area contributed by atoms with Crippen molar-refractivity contribution >= 4 is 118 Å². The van der Waals surface area contributed by atoms with Gasteiger partial charge in [-0.2, -0.15) is 0 Å². The summed E-state index contributed by atoms with van der Waals surface area (Å²) in [7, 11) is 0. The van der Waals surface area contributed by atoms with Gasteiger partial charge in [0.2, 0.25) is 0 Å². The average molecular weight is 702 g/mol. The summed E-state index contributed by atoms with van der Waals surface area (Å²) in [6, 6.07) is 39.3. The van der Waals surface area contributed by atoms with E-state index in [1.807, 2.05) is 0 Å². The second kappa shape index (κ2) is 10.0. The number of nitrogens with zero attached hydrogens (tertiary/aromatic N) is 1. The minimum atomic E-state index is -2.52. The van der Waals surface area contributed by atoms with Crippen LogP contribution in [0.15, 0.2) is 127 Å². The van der Waals surface area contributed by atoms with Crippen molar-refractivity contribution in [2.24, 2.45) is 0 Å². The standard InChI is InChI=1S/C39H30NP3S3/c1-25-19-31-37-32(20-25)42(45,29-15-9-5-10-16-29)34-22-27(3)24-36-39(34)40(37)38-33(41(31,44)28-13-7-4-8-14-28)21-26(2)23-35(38)43(36,46)30-17-11-6-12-18-30/h4-24H,1-3H3. The Bertz CT molecular complexity index is 2080. The van der Waals surface area contributed by atoms with Gasteiger partial charge in [0.1, 0.15) is 0 Å². The topological polar surface area (TPSA) is 3.24 Å². The van der Waals surface area contributed by atoms with Gasteiger partial charge in [0.15, 0.2) is 0 Å². The Morgan fingerprint density at radius 1 is 0.370 bits per heavy atom. The van der Waals surface area contributed by atoms with Crippen molar-refractivity contribution in [3.05, 3.63) is 144 Å². The first kappa shape index (κ1) is 29.2. The lowest BCUT2D eigenvalue weighted by Crippen LogP contribution is -2.53. The zero-order valence-corrected chi connectivity index (χ0v) is 30.8. The molecule has 0 unspecified atom stereocenters. The van der Waals surface area contributed by atoms with Crippen molar-refractivity contribution in [1.82, 2.24) is 0 Å². The van der Waals surface area contributed by atoms with Gasteiger partial charge in [0.25, 0.3) is 0 Å². The first-order valence-electron chi connectivity index (χ1n) is 15.4. The van der Waals surface area contributed by atoms with Gasteiger partial charge in [0, 0.05) is 49.9 Å². The monoisotopic (exact) mass is 701 g/mol. The molecule has 46 heavy (non-hydrogen) atoms. The Morgan fingerprint density at radius 2 is 0.587 bits per heavy atom. The van der Waals surface area contributed by atoms with Crippen LogP contribution in [0.25, 0.3) is 0 Å². The molecule has 224 valence electrons. The van der Waals surface area contributed by atoms with Gasteiger partial charge in [-0.3, -0.25) is 0 Å². The van der Waals surface area contributed by atoms with Crippen LogP contribution in [0, 0.1) is 20.8 Å². The molecule has 0 aromatic heterocycles. The number of anilines is 3. The molecule has 6 aromatic carbocycles. The second-order valence-corrected chi connectivity index (χ2v) is 25.7. The molecule has 9 rings (SSSR count). The Morgan fingerprint density at radius 3 is 0.804 bits per heavy atom. The maximum atomic E-state index is 7.16. The van der Waals surface area contributed by atoms with Gasteiger partial charge in [0.05, 0.1) is 17.1 Å². The maximum Gasteiger partial charge on any atom is 0.0644 e. The molecule has 0 amide bonds. The molecule has 0 aliphatic carbocycles. The minimum absolute atomic E-state index is 1.21. The Kier molecular flexibility index (Phi) is 6.38. The molecule has 6 aromatic rings. The fourth-order valence-electron chi connectivity index (χ4n) is 7.82. The van der Waals surface area contributed by atoms with E-state index in [4.69, 9.17) is 35.4 Å². The third-order valence-corrected chi connectivity index (χ3v) is 24.3. The quantitative estimate of drug-likeness (QED) is 0.199. The average Bonchev–Trinajstić information content (AvgIpc) is 3.08. The van der Waals surface area contributed by atoms with E-state index >= 15 is 0 Å². The molecule has 0 spiro atoms. The molecular formula is C39H30NP3S3. The van der Waals surface area contributed by atoms with Crippen LogP contribution < -0.4 is 52.6 Å². The minimum Gasteiger partial charge on any atom is -0.306 e. The third-order valence-electron chi connectivity index (χ3n) is 9.71. The van der Waals surface area contributed by atoms with Gasteiger partial charge in [-0.05, 0) is 89.8 Å². The number of hydrogen-bond acceptors (Lipinski definition) is 4. The van der Waals surface area contributed by atoms with Crippen molar-refractivity contribution in [3.8, 4) is 0 Å². The van der Waals surface area contributed by atoms with E-state index in [0.29, 0.717) is 0 Å². The zero-order chi connectivity index (χ0) is 31.6. The molecule has 3 aliphatic rings. The van der Waals surface area contributed by atoms with E-state index in [1.165, 1.54) is 81.5 Å². The summed E-state index contributed by atoms with van der Waals surface area (Å²) in [5.41, 5.74) is 7.29. The van der Waals surface area contributed by atoms with Crippen molar-refractivity contribution in [1.29, 1.82) is 0 Å². The van der Waals surface area contributed by atoms with E-state index < -0.39 is 18.1 Å². The zero-order valence-electron chi connectivity index (χ0n) is 25.6. The normalized spacial score (nSPS) is 23.2. The van der Waals surface area contributed by atoms with E-state index in [-0.39, 0.29) is 0 Å². The molecule has 0 bridgehead atoms. The summed E-state index contributed by atoms with van der Waals surface area (Å²) in [5.74, 6) is 0. The van der Waals surface area contributed by atoms with Crippen LogP contribution in [-0.4, -0.2) is 0 Å². The first-order chi connectivity index (χ1) is 22.2. The maximum absolute atomic E-state index is 7.16. The van der Waals surface area contributed by atoms with Crippen molar-refractivity contribution in [2.45, 2.75) is 20.8 Å². The predicted molar refractivity (Wildman–Crippen MR) is 214 cm³/mol. The Hall–Kier alpha value is -2.93. The van der Waals surface area contributed by atoms with E-state index in [9.17, 15) is 0 Å². The molecule has 0 atom stereocenters. The highest BCUT2D eigenvalue weighted by Gasteiger charge is 2.52. The summed E-state index contributed by atoms with van der Waals surface area (Å²) < 4.78 is 0. The van der Waals surface area contributed by atoms with Crippen LogP contribution in [0.4, 0.5) is 17.1 Å². The number of hydrogen-bond donors (Lipinski definition) is 0. The number of rotatable bonds is 3. The van der Waals surface area contributed by atoms with E-state index in [1.54, 1.807) is 0 Å². The molecular weight excluding hydrogens is 672 g/mol. The molecule has 1 nitrogen and oxygen atoms in total. The van der Waals surface area contributed by atoms with Crippen LogP contribution in [0.5, 0.6) is 0 Å². The Balaban J connectivity index is 1.57. The largest absolute Gasteiger partial charge is 0.306 e. The molecule has 7 heteroatoms. The van der Waals surface area contributed by atoms with Crippen LogP contribution >= 0.6 is 18.1 Å². The SMILES string of the molecule is Cc1cc2c3c(c1)P(=S)(c1ccccc1)c1cc(C)cc4c1N3c1c(cc(C)cc1P4(=S)c1ccccc1)P2(=S)c1ccccc1. The molecule has 3 aliphatic heterocycles. The van der Waals surface area contributed by atoms with Crippen molar-refractivity contribution in [3.63, 3.8) is 0 Å². The fourth-order valence-corrected chi connectivity index (χ4v) is 21.3.